The summed E-state index contributed by atoms with van der Waals surface area (Å²) in [7, 11) is 3.79. The summed E-state index contributed by atoms with van der Waals surface area (Å²) in [5, 5.41) is 9.77. The molecule has 1 atom stereocenters. The van der Waals surface area contributed by atoms with Crippen molar-refractivity contribution in [3.05, 3.63) is 52.7 Å². The van der Waals surface area contributed by atoms with Crippen LogP contribution in [-0.2, 0) is 11.8 Å². The average Bonchev–Trinajstić information content (AvgIpc) is 2.95. The van der Waals surface area contributed by atoms with Gasteiger partial charge in [0.05, 0.1) is 12.3 Å². The van der Waals surface area contributed by atoms with E-state index in [2.05, 4.69) is 70.4 Å². The van der Waals surface area contributed by atoms with Crippen LogP contribution in [0.3, 0.4) is 0 Å². The van der Waals surface area contributed by atoms with Gasteiger partial charge >= 0.3 is 0 Å². The Bertz CT molecular complexity index is 919. The lowest BCUT2D eigenvalue weighted by atomic mass is 9.92. The monoisotopic (exact) mass is 365 g/mol. The van der Waals surface area contributed by atoms with Crippen molar-refractivity contribution in [1.82, 2.24) is 15.1 Å². The van der Waals surface area contributed by atoms with Gasteiger partial charge < -0.3 is 10.1 Å². The molecule has 1 heterocycles. The van der Waals surface area contributed by atoms with E-state index in [0.29, 0.717) is 6.61 Å². The molecule has 3 aromatic rings. The van der Waals surface area contributed by atoms with E-state index < -0.39 is 0 Å². The van der Waals surface area contributed by atoms with Crippen molar-refractivity contribution in [1.29, 1.82) is 0 Å². The van der Waals surface area contributed by atoms with Crippen molar-refractivity contribution in [2.45, 2.75) is 40.2 Å². The summed E-state index contributed by atoms with van der Waals surface area (Å²) in [6.45, 7) is 10.3. The zero-order valence-electron chi connectivity index (χ0n) is 17.4. The predicted molar refractivity (Wildman–Crippen MR) is 113 cm³/mol. The molecule has 0 saturated carbocycles. The number of ether oxygens (including phenoxy) is 1. The molecule has 0 aliphatic rings. The molecule has 1 aromatic heterocycles. The summed E-state index contributed by atoms with van der Waals surface area (Å²) in [6.07, 6.45) is 1.01. The van der Waals surface area contributed by atoms with E-state index in [9.17, 15) is 0 Å². The van der Waals surface area contributed by atoms with Crippen LogP contribution in [0.5, 0.6) is 0 Å². The zero-order valence-corrected chi connectivity index (χ0v) is 17.4. The van der Waals surface area contributed by atoms with Gasteiger partial charge in [0.15, 0.2) is 0 Å². The van der Waals surface area contributed by atoms with Crippen LogP contribution in [0.4, 0.5) is 0 Å². The van der Waals surface area contributed by atoms with Gasteiger partial charge in [0, 0.05) is 37.7 Å². The van der Waals surface area contributed by atoms with E-state index in [-0.39, 0.29) is 6.04 Å². The Kier molecular flexibility index (Phi) is 5.98. The van der Waals surface area contributed by atoms with Crippen LogP contribution in [0.1, 0.15) is 41.8 Å². The zero-order chi connectivity index (χ0) is 19.6. The van der Waals surface area contributed by atoms with Crippen LogP contribution in [-0.4, -0.2) is 30.0 Å². The fraction of sp³-hybridized carbons (Fsp3) is 0.435. The third-order valence-corrected chi connectivity index (χ3v) is 5.29. The number of nitrogens with one attached hydrogen (secondary N) is 1. The molecule has 0 saturated heterocycles. The number of fused-ring (bicyclic) bond motifs is 1. The molecule has 27 heavy (non-hydrogen) atoms. The largest absolute Gasteiger partial charge is 0.383 e. The normalized spacial score (nSPS) is 12.7. The van der Waals surface area contributed by atoms with Crippen molar-refractivity contribution in [2.24, 2.45) is 7.05 Å². The van der Waals surface area contributed by atoms with Gasteiger partial charge in [-0.1, -0.05) is 42.8 Å². The summed E-state index contributed by atoms with van der Waals surface area (Å²) in [5.41, 5.74) is 8.75. The van der Waals surface area contributed by atoms with Crippen molar-refractivity contribution < 1.29 is 4.74 Å². The molecule has 0 aliphatic heterocycles. The molecule has 0 amide bonds. The van der Waals surface area contributed by atoms with Crippen LogP contribution in [0.2, 0.25) is 0 Å². The third kappa shape index (κ3) is 3.78. The van der Waals surface area contributed by atoms with Crippen LogP contribution >= 0.6 is 0 Å². The van der Waals surface area contributed by atoms with Crippen LogP contribution in [0.25, 0.3) is 22.0 Å². The van der Waals surface area contributed by atoms with Gasteiger partial charge in [0.2, 0.25) is 0 Å². The number of benzene rings is 2. The molecule has 144 valence electrons. The first kappa shape index (κ1) is 19.6. The lowest BCUT2D eigenvalue weighted by molar-refractivity contribution is 0.195. The van der Waals surface area contributed by atoms with Crippen LogP contribution < -0.4 is 5.32 Å². The Morgan fingerprint density at radius 1 is 1.15 bits per heavy atom. The van der Waals surface area contributed by atoms with Gasteiger partial charge in [-0.3, -0.25) is 4.68 Å². The maximum absolute atomic E-state index is 5.20. The first-order valence-corrected chi connectivity index (χ1v) is 9.74. The number of nitrogens with zero attached hydrogens (tertiary/aromatic N) is 2. The molecule has 0 radical (unpaired) electrons. The van der Waals surface area contributed by atoms with E-state index in [4.69, 9.17) is 9.84 Å². The number of rotatable bonds is 7. The molecule has 0 fully saturated rings. The SMILES string of the molecule is CCC(NCCOC)c1c2cccc(-c3c(C)cc(C)cc3C)c2nn1C. The number of methoxy groups -OCH3 is 1. The Morgan fingerprint density at radius 3 is 2.48 bits per heavy atom. The minimum Gasteiger partial charge on any atom is -0.383 e. The quantitative estimate of drug-likeness (QED) is 0.608. The topological polar surface area (TPSA) is 39.1 Å². The number of hydrogen-bond acceptors (Lipinski definition) is 3. The third-order valence-electron chi connectivity index (χ3n) is 5.29. The molecule has 2 aromatic carbocycles. The second kappa shape index (κ2) is 8.24. The van der Waals surface area contributed by atoms with E-state index in [1.165, 1.54) is 38.9 Å². The highest BCUT2D eigenvalue weighted by molar-refractivity contribution is 5.97. The smallest absolute Gasteiger partial charge is 0.100 e. The molecule has 3 rings (SSSR count). The first-order chi connectivity index (χ1) is 13.0. The average molecular weight is 366 g/mol. The van der Waals surface area contributed by atoms with Crippen molar-refractivity contribution in [2.75, 3.05) is 20.3 Å². The molecule has 1 N–H and O–H groups in total. The summed E-state index contributed by atoms with van der Waals surface area (Å²) < 4.78 is 7.24. The van der Waals surface area contributed by atoms with Gasteiger partial charge in [-0.25, -0.2) is 0 Å². The maximum Gasteiger partial charge on any atom is 0.100 e. The maximum atomic E-state index is 5.20. The highest BCUT2D eigenvalue weighted by Crippen LogP contribution is 2.36. The highest BCUT2D eigenvalue weighted by Gasteiger charge is 2.20. The number of aryl methyl sites for hydroxylation is 4. The minimum atomic E-state index is 0.255. The van der Waals surface area contributed by atoms with Gasteiger partial charge in [0.25, 0.3) is 0 Å². The fourth-order valence-corrected chi connectivity index (χ4v) is 4.23. The van der Waals surface area contributed by atoms with Gasteiger partial charge in [-0.05, 0) is 43.9 Å². The molecule has 4 heteroatoms. The second-order valence-corrected chi connectivity index (χ2v) is 7.39. The van der Waals surface area contributed by atoms with Crippen molar-refractivity contribution in [3.63, 3.8) is 0 Å². The van der Waals surface area contributed by atoms with E-state index >= 15 is 0 Å². The summed E-state index contributed by atoms with van der Waals surface area (Å²) in [6, 6.07) is 11.3. The standard InChI is InChI=1S/C23H31N3O/c1-7-20(24-11-12-27-6)23-19-10-8-9-18(22(19)25-26(23)5)21-16(3)13-15(2)14-17(21)4/h8-10,13-14,20,24H,7,11-12H2,1-6H3. The Hall–Kier alpha value is -2.17. The number of hydrogen-bond donors (Lipinski definition) is 1. The number of aromatic nitrogens is 2. The summed E-state index contributed by atoms with van der Waals surface area (Å²) in [5.74, 6) is 0. The second-order valence-electron chi connectivity index (χ2n) is 7.39. The minimum absolute atomic E-state index is 0.255. The van der Waals surface area contributed by atoms with Crippen LogP contribution in [0.15, 0.2) is 30.3 Å². The lowest BCUT2D eigenvalue weighted by Crippen LogP contribution is -2.26. The van der Waals surface area contributed by atoms with E-state index in [1.807, 2.05) is 4.68 Å². The first-order valence-electron chi connectivity index (χ1n) is 9.74. The lowest BCUT2D eigenvalue weighted by Gasteiger charge is -2.18. The van der Waals surface area contributed by atoms with Crippen molar-refractivity contribution in [3.8, 4) is 11.1 Å². The Morgan fingerprint density at radius 2 is 1.85 bits per heavy atom. The van der Waals surface area contributed by atoms with Gasteiger partial charge in [-0.15, -0.1) is 0 Å². The fourth-order valence-electron chi connectivity index (χ4n) is 4.23. The Labute approximate surface area is 162 Å². The molecule has 1 unspecified atom stereocenters. The Balaban J connectivity index is 2.14. The highest BCUT2D eigenvalue weighted by atomic mass is 16.5. The summed E-state index contributed by atoms with van der Waals surface area (Å²) >= 11 is 0. The molecular weight excluding hydrogens is 334 g/mol. The molecule has 0 aliphatic carbocycles. The summed E-state index contributed by atoms with van der Waals surface area (Å²) in [4.78, 5) is 0. The molecule has 0 spiro atoms. The van der Waals surface area contributed by atoms with Gasteiger partial charge in [-0.2, -0.15) is 5.10 Å². The molecular formula is C23H31N3O. The van der Waals surface area contributed by atoms with E-state index in [0.717, 1.165) is 18.5 Å². The molecule has 4 nitrogen and oxygen atoms in total. The predicted octanol–water partition coefficient (Wildman–Crippen LogP) is 4.85. The van der Waals surface area contributed by atoms with E-state index in [1.54, 1.807) is 7.11 Å². The molecule has 0 bridgehead atoms. The van der Waals surface area contributed by atoms with Gasteiger partial charge in [0.1, 0.15) is 5.52 Å². The van der Waals surface area contributed by atoms with Crippen molar-refractivity contribution >= 4 is 10.9 Å². The van der Waals surface area contributed by atoms with Crippen LogP contribution in [0, 0.1) is 20.8 Å².